The smallest absolute Gasteiger partial charge is 0.277 e. The van der Waals surface area contributed by atoms with E-state index in [0.29, 0.717) is 32.5 Å². The molecule has 0 saturated carbocycles. The number of anilines is 1. The standard InChI is InChI=1S/C18H25FN4O2/c19-15-1-3-16(4-2-15)22-11-9-21(10-12-22)13-17(24)23-7-5-14(6-8-23)18(20)25/h1-4,14H,5-13H2,(H2,20,25)/p+1. The predicted molar refractivity (Wildman–Crippen MR) is 92.7 cm³/mol. The number of quaternary nitrogens is 1. The summed E-state index contributed by atoms with van der Waals surface area (Å²) in [6.07, 6.45) is 1.35. The SMILES string of the molecule is NC(=O)C1CCN(C(=O)C[NH+]2CCN(c3ccc(F)cc3)CC2)CC1. The summed E-state index contributed by atoms with van der Waals surface area (Å²) in [7, 11) is 0. The number of piperidine rings is 1. The fraction of sp³-hybridized carbons (Fsp3) is 0.556. The normalized spacial score (nSPS) is 19.9. The van der Waals surface area contributed by atoms with Crippen LogP contribution in [0.4, 0.5) is 10.1 Å². The fourth-order valence-corrected chi connectivity index (χ4v) is 3.65. The Morgan fingerprint density at radius 3 is 2.24 bits per heavy atom. The second-order valence-corrected chi connectivity index (χ2v) is 6.95. The molecule has 0 unspecified atom stereocenters. The van der Waals surface area contributed by atoms with Crippen molar-refractivity contribution in [2.45, 2.75) is 12.8 Å². The Labute approximate surface area is 147 Å². The second-order valence-electron chi connectivity index (χ2n) is 6.95. The van der Waals surface area contributed by atoms with Crippen molar-refractivity contribution in [3.8, 4) is 0 Å². The fourth-order valence-electron chi connectivity index (χ4n) is 3.65. The van der Waals surface area contributed by atoms with Gasteiger partial charge >= 0.3 is 0 Å². The average molecular weight is 349 g/mol. The third kappa shape index (κ3) is 4.48. The second kappa shape index (κ2) is 7.82. The van der Waals surface area contributed by atoms with Crippen molar-refractivity contribution >= 4 is 17.5 Å². The highest BCUT2D eigenvalue weighted by molar-refractivity contribution is 5.79. The maximum Gasteiger partial charge on any atom is 0.277 e. The molecule has 2 amide bonds. The van der Waals surface area contributed by atoms with Crippen molar-refractivity contribution in [3.63, 3.8) is 0 Å². The van der Waals surface area contributed by atoms with Crippen molar-refractivity contribution in [1.82, 2.24) is 4.90 Å². The predicted octanol–water partition coefficient (Wildman–Crippen LogP) is -0.745. The summed E-state index contributed by atoms with van der Waals surface area (Å²) in [6, 6.07) is 6.56. The van der Waals surface area contributed by atoms with Gasteiger partial charge in [0, 0.05) is 24.7 Å². The van der Waals surface area contributed by atoms with Crippen LogP contribution in [-0.2, 0) is 9.59 Å². The zero-order valence-electron chi connectivity index (χ0n) is 14.4. The van der Waals surface area contributed by atoms with E-state index >= 15 is 0 Å². The Balaban J connectivity index is 1.43. The molecule has 3 N–H and O–H groups in total. The molecule has 1 aromatic carbocycles. The molecule has 6 nitrogen and oxygen atoms in total. The molecule has 2 fully saturated rings. The lowest BCUT2D eigenvalue weighted by molar-refractivity contribution is -0.892. The van der Waals surface area contributed by atoms with Gasteiger partial charge in [-0.05, 0) is 37.1 Å². The van der Waals surface area contributed by atoms with Gasteiger partial charge in [0.1, 0.15) is 5.82 Å². The molecule has 2 aliphatic rings. The maximum absolute atomic E-state index is 13.0. The van der Waals surface area contributed by atoms with Gasteiger partial charge in [-0.15, -0.1) is 0 Å². The van der Waals surface area contributed by atoms with Crippen LogP contribution < -0.4 is 15.5 Å². The van der Waals surface area contributed by atoms with Crippen LogP contribution in [0.2, 0.25) is 0 Å². The zero-order chi connectivity index (χ0) is 17.8. The summed E-state index contributed by atoms with van der Waals surface area (Å²) >= 11 is 0. The number of piperazine rings is 1. The summed E-state index contributed by atoms with van der Waals surface area (Å²) in [5.41, 5.74) is 6.36. The largest absolute Gasteiger partial charge is 0.369 e. The molecule has 2 heterocycles. The Hall–Kier alpha value is -2.15. The number of nitrogens with two attached hydrogens (primary N) is 1. The van der Waals surface area contributed by atoms with Crippen LogP contribution in [0.1, 0.15) is 12.8 Å². The van der Waals surface area contributed by atoms with Gasteiger partial charge in [0.2, 0.25) is 5.91 Å². The number of hydrogen-bond donors (Lipinski definition) is 2. The van der Waals surface area contributed by atoms with Crippen molar-refractivity contribution in [1.29, 1.82) is 0 Å². The van der Waals surface area contributed by atoms with Gasteiger partial charge in [-0.1, -0.05) is 0 Å². The minimum atomic E-state index is -0.255. The number of nitrogens with one attached hydrogen (secondary N) is 1. The minimum Gasteiger partial charge on any atom is -0.369 e. The number of benzene rings is 1. The van der Waals surface area contributed by atoms with Crippen molar-refractivity contribution in [2.75, 3.05) is 50.7 Å². The monoisotopic (exact) mass is 349 g/mol. The van der Waals surface area contributed by atoms with Crippen molar-refractivity contribution in [2.24, 2.45) is 11.7 Å². The number of hydrogen-bond acceptors (Lipinski definition) is 3. The zero-order valence-corrected chi connectivity index (χ0v) is 14.4. The van der Waals surface area contributed by atoms with E-state index in [-0.39, 0.29) is 23.5 Å². The first-order valence-electron chi connectivity index (χ1n) is 8.94. The minimum absolute atomic E-state index is 0.0874. The lowest BCUT2D eigenvalue weighted by atomic mass is 9.96. The highest BCUT2D eigenvalue weighted by Gasteiger charge is 2.29. The third-order valence-electron chi connectivity index (χ3n) is 5.31. The van der Waals surface area contributed by atoms with Gasteiger partial charge < -0.3 is 20.4 Å². The summed E-state index contributed by atoms with van der Waals surface area (Å²) in [4.78, 5) is 29.0. The van der Waals surface area contributed by atoms with Crippen molar-refractivity contribution in [3.05, 3.63) is 30.1 Å². The first-order valence-corrected chi connectivity index (χ1v) is 8.94. The van der Waals surface area contributed by atoms with Crippen LogP contribution in [-0.4, -0.2) is 62.5 Å². The summed E-state index contributed by atoms with van der Waals surface area (Å²) in [5.74, 6) is -0.405. The van der Waals surface area contributed by atoms with Crippen LogP contribution in [0.15, 0.2) is 24.3 Å². The molecule has 0 aliphatic carbocycles. The van der Waals surface area contributed by atoms with E-state index in [4.69, 9.17) is 5.73 Å². The number of carbonyl (C=O) groups is 2. The highest BCUT2D eigenvalue weighted by atomic mass is 19.1. The first kappa shape index (κ1) is 17.7. The molecular weight excluding hydrogens is 323 g/mol. The topological polar surface area (TPSA) is 71.1 Å². The average Bonchev–Trinajstić information content (AvgIpc) is 2.63. The van der Waals surface area contributed by atoms with E-state index in [1.807, 2.05) is 4.90 Å². The number of primary amides is 1. The van der Waals surface area contributed by atoms with Gasteiger partial charge in [0.05, 0.1) is 26.2 Å². The quantitative estimate of drug-likeness (QED) is 0.752. The molecule has 0 bridgehead atoms. The van der Waals surface area contributed by atoms with Crippen LogP contribution in [0, 0.1) is 11.7 Å². The third-order valence-corrected chi connectivity index (χ3v) is 5.31. The highest BCUT2D eigenvalue weighted by Crippen LogP contribution is 2.16. The van der Waals surface area contributed by atoms with Gasteiger partial charge in [-0.25, -0.2) is 4.39 Å². The molecule has 3 rings (SSSR count). The summed E-state index contributed by atoms with van der Waals surface area (Å²) in [6.45, 7) is 5.25. The van der Waals surface area contributed by atoms with E-state index in [9.17, 15) is 14.0 Å². The van der Waals surface area contributed by atoms with Crippen molar-refractivity contribution < 1.29 is 18.9 Å². The summed E-state index contributed by atoms with van der Waals surface area (Å²) in [5, 5.41) is 0. The lowest BCUT2D eigenvalue weighted by Crippen LogP contribution is -3.16. The van der Waals surface area contributed by atoms with E-state index in [1.165, 1.54) is 17.0 Å². The maximum atomic E-state index is 13.0. The van der Waals surface area contributed by atoms with Gasteiger partial charge in [-0.2, -0.15) is 0 Å². The number of halogens is 1. The van der Waals surface area contributed by atoms with E-state index in [1.54, 1.807) is 12.1 Å². The molecule has 0 spiro atoms. The Morgan fingerprint density at radius 1 is 1.08 bits per heavy atom. The van der Waals surface area contributed by atoms with Crippen LogP contribution in [0.25, 0.3) is 0 Å². The number of amides is 2. The van der Waals surface area contributed by atoms with Gasteiger partial charge in [0.25, 0.3) is 5.91 Å². The summed E-state index contributed by atoms with van der Waals surface area (Å²) < 4.78 is 13.0. The molecule has 0 atom stereocenters. The van der Waals surface area contributed by atoms with E-state index in [0.717, 1.165) is 31.9 Å². The molecule has 25 heavy (non-hydrogen) atoms. The molecule has 2 aliphatic heterocycles. The first-order chi connectivity index (χ1) is 12.0. The van der Waals surface area contributed by atoms with Crippen LogP contribution in [0.5, 0.6) is 0 Å². The Bertz CT molecular complexity index is 606. The Morgan fingerprint density at radius 2 is 1.68 bits per heavy atom. The van der Waals surface area contributed by atoms with E-state index < -0.39 is 0 Å². The van der Waals surface area contributed by atoms with E-state index in [2.05, 4.69) is 4.90 Å². The molecule has 1 aromatic rings. The molecule has 7 heteroatoms. The number of rotatable bonds is 4. The number of likely N-dealkylation sites (tertiary alicyclic amines) is 1. The van der Waals surface area contributed by atoms with Gasteiger partial charge in [-0.3, -0.25) is 9.59 Å². The number of carbonyl (C=O) groups excluding carboxylic acids is 2. The van der Waals surface area contributed by atoms with Crippen LogP contribution >= 0.6 is 0 Å². The van der Waals surface area contributed by atoms with Gasteiger partial charge in [0.15, 0.2) is 6.54 Å². The molecule has 2 saturated heterocycles. The lowest BCUT2D eigenvalue weighted by Gasteiger charge is -2.35. The van der Waals surface area contributed by atoms with Crippen LogP contribution in [0.3, 0.4) is 0 Å². The molecule has 0 aromatic heterocycles. The molecule has 0 radical (unpaired) electrons. The number of nitrogens with zero attached hydrogens (tertiary/aromatic N) is 2. The molecule has 136 valence electrons. The Kier molecular flexibility index (Phi) is 5.53. The molecular formula is C18H26FN4O2+.